The fraction of sp³-hybridized carbons (Fsp3) is 0.588. The minimum Gasteiger partial charge on any atom is -0.410 e. The Balaban J connectivity index is 1.81. The second kappa shape index (κ2) is 5.81. The molecular weight excluding hydrogens is 336 g/mol. The number of nitro benzene ring substituents is 1. The van der Waals surface area contributed by atoms with E-state index in [1.54, 1.807) is 16.9 Å². The Bertz CT molecular complexity index is 819. The van der Waals surface area contributed by atoms with Crippen molar-refractivity contribution in [2.24, 2.45) is 7.05 Å². The third-order valence-electron chi connectivity index (χ3n) is 5.50. The zero-order valence-corrected chi connectivity index (χ0v) is 16.7. The fourth-order valence-electron chi connectivity index (χ4n) is 2.88. The summed E-state index contributed by atoms with van der Waals surface area (Å²) < 4.78 is 8.14. The number of aryl methyl sites for hydroxylation is 1. The lowest BCUT2D eigenvalue weighted by Gasteiger charge is -2.47. The maximum atomic E-state index is 11.5. The van der Waals surface area contributed by atoms with E-state index in [1.165, 1.54) is 0 Å². The van der Waals surface area contributed by atoms with Crippen LogP contribution in [0, 0.1) is 10.1 Å². The highest BCUT2D eigenvalue weighted by atomic mass is 28.4. The van der Waals surface area contributed by atoms with E-state index in [9.17, 15) is 10.1 Å². The number of nitro groups is 1. The van der Waals surface area contributed by atoms with Crippen molar-refractivity contribution in [1.82, 2.24) is 9.78 Å². The summed E-state index contributed by atoms with van der Waals surface area (Å²) in [5.74, 6) is 0. The number of hydrogen-bond acceptors (Lipinski definition) is 5. The van der Waals surface area contributed by atoms with Gasteiger partial charge in [0.2, 0.25) is 0 Å². The number of nitrogens with zero attached hydrogens (tertiary/aromatic N) is 4. The summed E-state index contributed by atoms with van der Waals surface area (Å²) in [6.07, 6.45) is 1.80. The summed E-state index contributed by atoms with van der Waals surface area (Å²) >= 11 is 0. The van der Waals surface area contributed by atoms with Gasteiger partial charge in [-0.15, -0.1) is 0 Å². The van der Waals surface area contributed by atoms with Crippen LogP contribution in [0.2, 0.25) is 18.1 Å². The van der Waals surface area contributed by atoms with Gasteiger partial charge in [0.05, 0.1) is 22.7 Å². The molecule has 1 aliphatic rings. The highest BCUT2D eigenvalue weighted by molar-refractivity contribution is 6.74. The van der Waals surface area contributed by atoms with Gasteiger partial charge in [-0.2, -0.15) is 5.10 Å². The third kappa shape index (κ3) is 3.16. The van der Waals surface area contributed by atoms with Crippen molar-refractivity contribution >= 4 is 30.6 Å². The topological polar surface area (TPSA) is 73.4 Å². The predicted molar refractivity (Wildman–Crippen MR) is 102 cm³/mol. The first-order valence-corrected chi connectivity index (χ1v) is 11.4. The summed E-state index contributed by atoms with van der Waals surface area (Å²) in [6.45, 7) is 12.5. The van der Waals surface area contributed by atoms with Crippen molar-refractivity contribution < 1.29 is 9.35 Å². The van der Waals surface area contributed by atoms with Crippen LogP contribution in [-0.2, 0) is 11.5 Å². The summed E-state index contributed by atoms with van der Waals surface area (Å²) in [5, 5.41) is 16.6. The lowest BCUT2D eigenvalue weighted by Crippen LogP contribution is -2.58. The number of benzene rings is 1. The van der Waals surface area contributed by atoms with E-state index in [2.05, 4.69) is 39.0 Å². The van der Waals surface area contributed by atoms with Gasteiger partial charge in [-0.1, -0.05) is 20.8 Å². The number of anilines is 1. The average Bonchev–Trinajstić information content (AvgIpc) is 2.81. The molecule has 25 heavy (non-hydrogen) atoms. The van der Waals surface area contributed by atoms with Crippen LogP contribution in [0.25, 0.3) is 10.9 Å². The van der Waals surface area contributed by atoms with Gasteiger partial charge >= 0.3 is 0 Å². The van der Waals surface area contributed by atoms with Gasteiger partial charge < -0.3 is 9.33 Å². The molecule has 1 saturated heterocycles. The molecule has 1 fully saturated rings. The fourth-order valence-corrected chi connectivity index (χ4v) is 4.21. The molecule has 2 aromatic rings. The Kier molecular flexibility index (Phi) is 4.15. The molecule has 0 atom stereocenters. The Morgan fingerprint density at radius 1 is 1.32 bits per heavy atom. The zero-order chi connectivity index (χ0) is 18.6. The highest BCUT2D eigenvalue weighted by Gasteiger charge is 2.42. The van der Waals surface area contributed by atoms with Gasteiger partial charge in [-0.05, 0) is 24.2 Å². The first-order valence-electron chi connectivity index (χ1n) is 8.52. The molecule has 0 N–H and O–H groups in total. The molecule has 0 amide bonds. The van der Waals surface area contributed by atoms with E-state index in [-0.39, 0.29) is 21.8 Å². The molecule has 136 valence electrons. The second-order valence-electron chi connectivity index (χ2n) is 8.33. The van der Waals surface area contributed by atoms with Crippen LogP contribution < -0.4 is 4.90 Å². The van der Waals surface area contributed by atoms with Crippen molar-refractivity contribution in [3.63, 3.8) is 0 Å². The molecule has 0 unspecified atom stereocenters. The summed E-state index contributed by atoms with van der Waals surface area (Å²) in [6, 6.07) is 3.47. The molecule has 8 heteroatoms. The lowest BCUT2D eigenvalue weighted by molar-refractivity contribution is -0.384. The maximum Gasteiger partial charge on any atom is 0.293 e. The molecule has 7 nitrogen and oxygen atoms in total. The maximum absolute atomic E-state index is 11.5. The van der Waals surface area contributed by atoms with Gasteiger partial charge in [-0.25, -0.2) is 0 Å². The Morgan fingerprint density at radius 2 is 1.96 bits per heavy atom. The third-order valence-corrected chi connectivity index (χ3v) is 10.0. The standard InChI is InChI=1S/C17H26N4O3Si/c1-17(2,3)25(5,6)24-13-10-20(11-13)15-8-14-12(9-18-19(14)4)7-16(15)21(22)23/h7-9,13H,10-11H2,1-6H3. The minimum atomic E-state index is -1.82. The second-order valence-corrected chi connectivity index (χ2v) is 13.1. The van der Waals surface area contributed by atoms with Gasteiger partial charge in [0.15, 0.2) is 8.32 Å². The molecular formula is C17H26N4O3Si. The van der Waals surface area contributed by atoms with E-state index < -0.39 is 8.32 Å². The Labute approximate surface area is 148 Å². The number of hydrogen-bond donors (Lipinski definition) is 0. The van der Waals surface area contributed by atoms with Crippen LogP contribution >= 0.6 is 0 Å². The van der Waals surface area contributed by atoms with Crippen LogP contribution in [0.1, 0.15) is 20.8 Å². The summed E-state index contributed by atoms with van der Waals surface area (Å²) in [5.41, 5.74) is 1.68. The quantitative estimate of drug-likeness (QED) is 0.471. The molecule has 1 aromatic carbocycles. The lowest BCUT2D eigenvalue weighted by atomic mass is 10.1. The molecule has 0 radical (unpaired) electrons. The smallest absolute Gasteiger partial charge is 0.293 e. The van der Waals surface area contributed by atoms with Gasteiger partial charge in [0.25, 0.3) is 5.69 Å². The van der Waals surface area contributed by atoms with Crippen molar-refractivity contribution in [3.8, 4) is 0 Å². The largest absolute Gasteiger partial charge is 0.410 e. The monoisotopic (exact) mass is 362 g/mol. The predicted octanol–water partition coefficient (Wildman–Crippen LogP) is 3.69. The summed E-state index contributed by atoms with van der Waals surface area (Å²) in [4.78, 5) is 13.2. The van der Waals surface area contributed by atoms with E-state index in [0.717, 1.165) is 10.9 Å². The van der Waals surface area contributed by atoms with Crippen LogP contribution in [0.4, 0.5) is 11.4 Å². The summed E-state index contributed by atoms with van der Waals surface area (Å²) in [7, 11) is 0.0245. The molecule has 1 aromatic heterocycles. The van der Waals surface area contributed by atoms with E-state index in [4.69, 9.17) is 4.43 Å². The van der Waals surface area contributed by atoms with Crippen molar-refractivity contribution in [2.45, 2.75) is 45.0 Å². The number of rotatable bonds is 4. The first kappa shape index (κ1) is 17.9. The highest BCUT2D eigenvalue weighted by Crippen LogP contribution is 2.40. The molecule has 0 aliphatic carbocycles. The van der Waals surface area contributed by atoms with Gasteiger partial charge in [0.1, 0.15) is 5.69 Å². The van der Waals surface area contributed by atoms with Gasteiger partial charge in [-0.3, -0.25) is 14.8 Å². The van der Waals surface area contributed by atoms with Crippen molar-refractivity contribution in [1.29, 1.82) is 0 Å². The van der Waals surface area contributed by atoms with Crippen molar-refractivity contribution in [2.75, 3.05) is 18.0 Å². The SMILES string of the molecule is Cn1ncc2cc([N+](=O)[O-])c(N3CC(O[Si](C)(C)C(C)(C)C)C3)cc21. The molecule has 1 aliphatic heterocycles. The Hall–Kier alpha value is -1.93. The molecule has 0 saturated carbocycles. The average molecular weight is 363 g/mol. The van der Waals surface area contributed by atoms with E-state index >= 15 is 0 Å². The molecule has 3 rings (SSSR count). The van der Waals surface area contributed by atoms with Crippen LogP contribution in [0.3, 0.4) is 0 Å². The Morgan fingerprint density at radius 3 is 2.52 bits per heavy atom. The minimum absolute atomic E-state index is 0.131. The van der Waals surface area contributed by atoms with Gasteiger partial charge in [0, 0.05) is 31.6 Å². The normalized spacial score (nSPS) is 16.3. The molecule has 0 bridgehead atoms. The molecule has 0 spiro atoms. The number of aromatic nitrogens is 2. The van der Waals surface area contributed by atoms with E-state index in [0.29, 0.717) is 18.8 Å². The van der Waals surface area contributed by atoms with Crippen LogP contribution in [-0.4, -0.2) is 42.2 Å². The van der Waals surface area contributed by atoms with Crippen LogP contribution in [0.5, 0.6) is 0 Å². The van der Waals surface area contributed by atoms with Crippen LogP contribution in [0.15, 0.2) is 18.3 Å². The van der Waals surface area contributed by atoms with Crippen molar-refractivity contribution in [3.05, 3.63) is 28.4 Å². The van der Waals surface area contributed by atoms with E-state index in [1.807, 2.05) is 18.0 Å². The first-order chi connectivity index (χ1) is 11.5. The molecule has 2 heterocycles. The number of fused-ring (bicyclic) bond motifs is 1. The zero-order valence-electron chi connectivity index (χ0n) is 15.7.